The molecule has 3 aromatic carbocycles. The molecule has 1 aliphatic rings. The van der Waals surface area contributed by atoms with Crippen LogP contribution >= 0.6 is 11.8 Å². The highest BCUT2D eigenvalue weighted by atomic mass is 32.2. The van der Waals surface area contributed by atoms with E-state index in [9.17, 15) is 4.79 Å². The van der Waals surface area contributed by atoms with Gasteiger partial charge in [-0.25, -0.2) is 0 Å². The van der Waals surface area contributed by atoms with Crippen molar-refractivity contribution in [3.05, 3.63) is 83.9 Å². The standard InChI is InChI=1S/C23H21N3OS/c1-2-21-22(27)26(16-17-9-4-3-5-10-17)23(28-21)25-24-15-19-13-8-12-18-11-6-7-14-20(18)19/h3-15,21H,2,16H2,1H3/b24-15-,25-23-/t21-/m0/s1. The van der Waals surface area contributed by atoms with Gasteiger partial charge in [-0.1, -0.05) is 91.5 Å². The summed E-state index contributed by atoms with van der Waals surface area (Å²) in [6.45, 7) is 2.55. The normalized spacial score (nSPS) is 18.6. The molecule has 0 unspecified atom stereocenters. The molecule has 1 atom stereocenters. The van der Waals surface area contributed by atoms with Crippen molar-refractivity contribution in [2.75, 3.05) is 0 Å². The topological polar surface area (TPSA) is 45.0 Å². The number of thioether (sulfide) groups is 1. The van der Waals surface area contributed by atoms with Crippen molar-refractivity contribution in [2.45, 2.75) is 25.1 Å². The lowest BCUT2D eigenvalue weighted by Gasteiger charge is -2.15. The van der Waals surface area contributed by atoms with Crippen LogP contribution in [0.15, 0.2) is 83.0 Å². The zero-order valence-electron chi connectivity index (χ0n) is 15.7. The molecule has 1 heterocycles. The number of nitrogens with zero attached hydrogens (tertiary/aromatic N) is 3. The summed E-state index contributed by atoms with van der Waals surface area (Å²) in [5.41, 5.74) is 2.09. The number of carbonyl (C=O) groups excluding carboxylic acids is 1. The van der Waals surface area contributed by atoms with Gasteiger partial charge in [-0.05, 0) is 22.8 Å². The van der Waals surface area contributed by atoms with E-state index in [0.717, 1.165) is 22.9 Å². The minimum atomic E-state index is -0.0878. The van der Waals surface area contributed by atoms with Crippen LogP contribution in [0.5, 0.6) is 0 Å². The number of benzene rings is 3. The van der Waals surface area contributed by atoms with Crippen LogP contribution in [-0.2, 0) is 11.3 Å². The first-order valence-electron chi connectivity index (χ1n) is 9.37. The number of hydrogen-bond acceptors (Lipinski definition) is 4. The van der Waals surface area contributed by atoms with E-state index in [0.29, 0.717) is 11.7 Å². The third-order valence-electron chi connectivity index (χ3n) is 4.74. The molecule has 4 nitrogen and oxygen atoms in total. The fourth-order valence-corrected chi connectivity index (χ4v) is 4.29. The quantitative estimate of drug-likeness (QED) is 0.452. The van der Waals surface area contributed by atoms with Gasteiger partial charge in [-0.15, -0.1) is 5.10 Å². The molecule has 5 heteroatoms. The van der Waals surface area contributed by atoms with Crippen molar-refractivity contribution in [1.82, 2.24) is 4.90 Å². The van der Waals surface area contributed by atoms with E-state index >= 15 is 0 Å². The third kappa shape index (κ3) is 3.85. The van der Waals surface area contributed by atoms with Crippen molar-refractivity contribution < 1.29 is 4.79 Å². The molecule has 0 aromatic heterocycles. The zero-order valence-corrected chi connectivity index (χ0v) is 16.5. The molecule has 4 rings (SSSR count). The van der Waals surface area contributed by atoms with Crippen LogP contribution in [0.2, 0.25) is 0 Å². The zero-order chi connectivity index (χ0) is 19.3. The summed E-state index contributed by atoms with van der Waals surface area (Å²) in [6.07, 6.45) is 2.54. The smallest absolute Gasteiger partial charge is 0.242 e. The van der Waals surface area contributed by atoms with Gasteiger partial charge in [-0.3, -0.25) is 9.69 Å². The Bertz CT molecular complexity index is 1040. The minimum Gasteiger partial charge on any atom is -0.284 e. The van der Waals surface area contributed by atoms with E-state index in [-0.39, 0.29) is 11.2 Å². The second-order valence-corrected chi connectivity index (χ2v) is 7.79. The lowest BCUT2D eigenvalue weighted by Crippen LogP contribution is -2.31. The molecule has 1 amide bonds. The Labute approximate surface area is 169 Å². The fourth-order valence-electron chi connectivity index (χ4n) is 3.26. The lowest BCUT2D eigenvalue weighted by atomic mass is 10.1. The van der Waals surface area contributed by atoms with Gasteiger partial charge in [0.1, 0.15) is 0 Å². The summed E-state index contributed by atoms with van der Waals surface area (Å²) < 4.78 is 0. The van der Waals surface area contributed by atoms with E-state index in [2.05, 4.69) is 28.4 Å². The van der Waals surface area contributed by atoms with E-state index < -0.39 is 0 Å². The molecule has 1 saturated heterocycles. The van der Waals surface area contributed by atoms with Gasteiger partial charge in [0.15, 0.2) is 5.17 Å². The van der Waals surface area contributed by atoms with Crippen LogP contribution in [0.4, 0.5) is 0 Å². The first-order chi connectivity index (χ1) is 13.8. The van der Waals surface area contributed by atoms with E-state index in [4.69, 9.17) is 0 Å². The molecule has 0 N–H and O–H groups in total. The SMILES string of the molecule is CC[C@@H]1S/C(=N\N=C/c2cccc3ccccc23)N(Cc2ccccc2)C1=O. The molecule has 0 saturated carbocycles. The minimum absolute atomic E-state index is 0.0878. The molecule has 0 aliphatic carbocycles. The number of rotatable bonds is 5. The van der Waals surface area contributed by atoms with Crippen LogP contribution in [0.25, 0.3) is 10.8 Å². The molecule has 0 bridgehead atoms. The van der Waals surface area contributed by atoms with Crippen LogP contribution in [-0.4, -0.2) is 27.4 Å². The number of fused-ring (bicyclic) bond motifs is 1. The van der Waals surface area contributed by atoms with E-state index in [1.165, 1.54) is 17.1 Å². The molecule has 0 spiro atoms. The summed E-state index contributed by atoms with van der Waals surface area (Å²) in [5.74, 6) is 0.107. The van der Waals surface area contributed by atoms with Gasteiger partial charge >= 0.3 is 0 Å². The van der Waals surface area contributed by atoms with Crippen LogP contribution < -0.4 is 0 Å². The molecule has 0 radical (unpaired) electrons. The van der Waals surface area contributed by atoms with Crippen molar-refractivity contribution in [1.29, 1.82) is 0 Å². The number of amides is 1. The largest absolute Gasteiger partial charge is 0.284 e. The highest BCUT2D eigenvalue weighted by molar-refractivity contribution is 8.15. The first-order valence-corrected chi connectivity index (χ1v) is 10.2. The average Bonchev–Trinajstić information content (AvgIpc) is 3.04. The molecular weight excluding hydrogens is 366 g/mol. The molecule has 28 heavy (non-hydrogen) atoms. The van der Waals surface area contributed by atoms with Crippen molar-refractivity contribution in [3.63, 3.8) is 0 Å². The predicted molar refractivity (Wildman–Crippen MR) is 118 cm³/mol. The third-order valence-corrected chi connectivity index (χ3v) is 6.07. The Morgan fingerprint density at radius 2 is 1.75 bits per heavy atom. The van der Waals surface area contributed by atoms with Crippen LogP contribution in [0.1, 0.15) is 24.5 Å². The van der Waals surface area contributed by atoms with E-state index in [1.54, 1.807) is 11.1 Å². The Morgan fingerprint density at radius 1 is 1.00 bits per heavy atom. The lowest BCUT2D eigenvalue weighted by molar-refractivity contribution is -0.126. The maximum atomic E-state index is 12.7. The summed E-state index contributed by atoms with van der Waals surface area (Å²) in [4.78, 5) is 14.5. The second kappa shape index (κ2) is 8.40. The Kier molecular flexibility index (Phi) is 5.53. The highest BCUT2D eigenvalue weighted by Crippen LogP contribution is 2.30. The highest BCUT2D eigenvalue weighted by Gasteiger charge is 2.36. The summed E-state index contributed by atoms with van der Waals surface area (Å²) in [7, 11) is 0. The first kappa shape index (κ1) is 18.4. The number of amidine groups is 1. The van der Waals surface area contributed by atoms with Crippen molar-refractivity contribution in [2.24, 2.45) is 10.2 Å². The van der Waals surface area contributed by atoms with Gasteiger partial charge in [0, 0.05) is 5.56 Å². The average molecular weight is 388 g/mol. The number of hydrogen-bond donors (Lipinski definition) is 0. The van der Waals surface area contributed by atoms with Crippen molar-refractivity contribution in [3.8, 4) is 0 Å². The maximum absolute atomic E-state index is 12.7. The maximum Gasteiger partial charge on any atom is 0.242 e. The van der Waals surface area contributed by atoms with Gasteiger partial charge in [-0.2, -0.15) is 5.10 Å². The molecule has 1 aliphatic heterocycles. The molecule has 140 valence electrons. The van der Waals surface area contributed by atoms with Gasteiger partial charge < -0.3 is 0 Å². The Balaban J connectivity index is 1.60. The van der Waals surface area contributed by atoms with Crippen LogP contribution in [0, 0.1) is 0 Å². The molecule has 1 fully saturated rings. The molecular formula is C23H21N3OS. The summed E-state index contributed by atoms with van der Waals surface area (Å²) in [5, 5.41) is 11.6. The Morgan fingerprint density at radius 3 is 2.57 bits per heavy atom. The molecule has 3 aromatic rings. The summed E-state index contributed by atoms with van der Waals surface area (Å²) in [6, 6.07) is 24.3. The second-order valence-electron chi connectivity index (χ2n) is 6.62. The van der Waals surface area contributed by atoms with E-state index in [1.807, 2.05) is 61.5 Å². The van der Waals surface area contributed by atoms with Gasteiger partial charge in [0.05, 0.1) is 18.0 Å². The Hall–Kier alpha value is -2.92. The predicted octanol–water partition coefficient (Wildman–Crippen LogP) is 5.08. The fraction of sp³-hybridized carbons (Fsp3) is 0.174. The monoisotopic (exact) mass is 387 g/mol. The van der Waals surface area contributed by atoms with Crippen LogP contribution in [0.3, 0.4) is 0 Å². The van der Waals surface area contributed by atoms with Gasteiger partial charge in [0.25, 0.3) is 0 Å². The summed E-state index contributed by atoms with van der Waals surface area (Å²) >= 11 is 1.50. The number of carbonyl (C=O) groups is 1. The van der Waals surface area contributed by atoms with Gasteiger partial charge in [0.2, 0.25) is 5.91 Å². The van der Waals surface area contributed by atoms with Crippen molar-refractivity contribution >= 4 is 39.8 Å².